The molecule has 2 N–H and O–H groups in total. The Balaban J connectivity index is 2.03. The van der Waals surface area contributed by atoms with Crippen molar-refractivity contribution in [3.05, 3.63) is 36.0 Å². The van der Waals surface area contributed by atoms with Crippen molar-refractivity contribution in [1.82, 2.24) is 10.1 Å². The van der Waals surface area contributed by atoms with Gasteiger partial charge in [0.25, 0.3) is 0 Å². The fraction of sp³-hybridized carbons (Fsp3) is 0.333. The zero-order valence-electron chi connectivity index (χ0n) is 11.4. The minimum atomic E-state index is -3.26. The van der Waals surface area contributed by atoms with E-state index in [2.05, 4.69) is 20.2 Å². The van der Waals surface area contributed by atoms with Gasteiger partial charge in [-0.05, 0) is 38.1 Å². The number of hydrogen-bond donors (Lipinski definition) is 2. The van der Waals surface area contributed by atoms with E-state index in [0.29, 0.717) is 17.4 Å². The molecule has 20 heavy (non-hydrogen) atoms. The van der Waals surface area contributed by atoms with Crippen LogP contribution < -0.4 is 10.0 Å². The molecule has 0 saturated heterocycles. The van der Waals surface area contributed by atoms with E-state index in [1.807, 2.05) is 6.92 Å². The lowest BCUT2D eigenvalue weighted by Gasteiger charge is -2.12. The van der Waals surface area contributed by atoms with Gasteiger partial charge in [-0.25, -0.2) is 8.42 Å². The van der Waals surface area contributed by atoms with Gasteiger partial charge in [-0.3, -0.25) is 4.72 Å². The van der Waals surface area contributed by atoms with Crippen LogP contribution in [0.25, 0.3) is 0 Å². The third-order valence-corrected chi connectivity index (χ3v) is 3.09. The first-order chi connectivity index (χ1) is 9.33. The molecule has 1 aromatic heterocycles. The van der Waals surface area contributed by atoms with E-state index in [1.165, 1.54) is 0 Å². The minimum Gasteiger partial charge on any atom is -0.374 e. The Morgan fingerprint density at radius 1 is 1.20 bits per heavy atom. The molecule has 0 unspecified atom stereocenters. The molecule has 0 spiro atoms. The van der Waals surface area contributed by atoms with E-state index in [0.717, 1.165) is 11.9 Å². The molecule has 2 aromatic rings. The summed E-state index contributed by atoms with van der Waals surface area (Å²) in [5, 5.41) is 6.92. The van der Waals surface area contributed by atoms with Gasteiger partial charge in [0.05, 0.1) is 6.26 Å². The summed E-state index contributed by atoms with van der Waals surface area (Å²) in [5.74, 6) is 1.09. The van der Waals surface area contributed by atoms with Gasteiger partial charge in [0.1, 0.15) is 6.04 Å². The summed E-state index contributed by atoms with van der Waals surface area (Å²) in [6, 6.07) is 6.76. The van der Waals surface area contributed by atoms with Crippen molar-refractivity contribution in [1.29, 1.82) is 0 Å². The molecular weight excluding hydrogens is 280 g/mol. The Morgan fingerprint density at radius 2 is 1.80 bits per heavy atom. The lowest BCUT2D eigenvalue weighted by atomic mass is 10.2. The van der Waals surface area contributed by atoms with Crippen LogP contribution in [0.4, 0.5) is 11.4 Å². The summed E-state index contributed by atoms with van der Waals surface area (Å²) in [6.07, 6.45) is 1.11. The molecular formula is C12H16N4O3S. The Kier molecular flexibility index (Phi) is 3.93. The second-order valence-electron chi connectivity index (χ2n) is 4.50. The van der Waals surface area contributed by atoms with Gasteiger partial charge in [-0.1, -0.05) is 5.16 Å². The number of benzene rings is 1. The number of nitrogens with zero attached hydrogens (tertiary/aromatic N) is 2. The van der Waals surface area contributed by atoms with Crippen LogP contribution in [0.3, 0.4) is 0 Å². The van der Waals surface area contributed by atoms with Gasteiger partial charge in [-0.15, -0.1) is 0 Å². The molecule has 0 bridgehead atoms. The van der Waals surface area contributed by atoms with Gasteiger partial charge in [0.2, 0.25) is 15.9 Å². The van der Waals surface area contributed by atoms with E-state index in [4.69, 9.17) is 4.52 Å². The number of rotatable bonds is 5. The van der Waals surface area contributed by atoms with Crippen LogP contribution in [0.15, 0.2) is 28.8 Å². The molecule has 1 atom stereocenters. The van der Waals surface area contributed by atoms with Crippen molar-refractivity contribution < 1.29 is 12.9 Å². The van der Waals surface area contributed by atoms with Crippen LogP contribution >= 0.6 is 0 Å². The first-order valence-corrected chi connectivity index (χ1v) is 7.87. The van der Waals surface area contributed by atoms with E-state index in [-0.39, 0.29) is 6.04 Å². The molecule has 0 aliphatic rings. The predicted molar refractivity (Wildman–Crippen MR) is 76.0 cm³/mol. The van der Waals surface area contributed by atoms with E-state index in [1.54, 1.807) is 31.2 Å². The zero-order valence-corrected chi connectivity index (χ0v) is 12.2. The molecule has 0 amide bonds. The van der Waals surface area contributed by atoms with Gasteiger partial charge in [0, 0.05) is 11.4 Å². The Hall–Kier alpha value is -2.09. The van der Waals surface area contributed by atoms with Crippen molar-refractivity contribution in [3.63, 3.8) is 0 Å². The monoisotopic (exact) mass is 296 g/mol. The summed E-state index contributed by atoms with van der Waals surface area (Å²) in [7, 11) is -3.26. The summed E-state index contributed by atoms with van der Waals surface area (Å²) in [5.41, 5.74) is 1.34. The number of aromatic nitrogens is 2. The Bertz CT molecular complexity index is 679. The average molecular weight is 296 g/mol. The SMILES string of the molecule is Cc1noc([C@H](C)Nc2ccc(NS(C)(=O)=O)cc2)n1. The van der Waals surface area contributed by atoms with Crippen LogP contribution in [-0.4, -0.2) is 24.8 Å². The van der Waals surface area contributed by atoms with Gasteiger partial charge >= 0.3 is 0 Å². The molecule has 8 heteroatoms. The van der Waals surface area contributed by atoms with Crippen LogP contribution in [0.1, 0.15) is 24.7 Å². The maximum atomic E-state index is 11.1. The Labute approximate surface area is 117 Å². The van der Waals surface area contributed by atoms with Crippen LogP contribution in [0, 0.1) is 6.92 Å². The predicted octanol–water partition coefficient (Wildman–Crippen LogP) is 1.92. The summed E-state index contributed by atoms with van der Waals surface area (Å²) in [6.45, 7) is 3.65. The third kappa shape index (κ3) is 3.95. The molecule has 108 valence electrons. The minimum absolute atomic E-state index is 0.134. The molecule has 1 heterocycles. The van der Waals surface area contributed by atoms with E-state index < -0.39 is 10.0 Å². The first kappa shape index (κ1) is 14.3. The lowest BCUT2D eigenvalue weighted by Crippen LogP contribution is -2.10. The number of hydrogen-bond acceptors (Lipinski definition) is 6. The van der Waals surface area contributed by atoms with Crippen molar-refractivity contribution in [2.24, 2.45) is 0 Å². The standard InChI is InChI=1S/C12H16N4O3S/c1-8(12-14-9(2)15-19-12)13-10-4-6-11(7-5-10)16-20(3,17)18/h4-8,13,16H,1-3H3/t8-/m0/s1. The topological polar surface area (TPSA) is 97.1 Å². The fourth-order valence-electron chi connectivity index (χ4n) is 1.65. The summed E-state index contributed by atoms with van der Waals surface area (Å²) in [4.78, 5) is 4.14. The lowest BCUT2D eigenvalue weighted by molar-refractivity contribution is 0.364. The number of nitrogens with one attached hydrogen (secondary N) is 2. The maximum Gasteiger partial charge on any atom is 0.248 e. The molecule has 0 saturated carbocycles. The highest BCUT2D eigenvalue weighted by atomic mass is 32.2. The largest absolute Gasteiger partial charge is 0.374 e. The molecule has 0 aliphatic heterocycles. The smallest absolute Gasteiger partial charge is 0.248 e. The van der Waals surface area contributed by atoms with Crippen LogP contribution in [0.2, 0.25) is 0 Å². The van der Waals surface area contributed by atoms with E-state index in [9.17, 15) is 8.42 Å². The molecule has 1 aromatic carbocycles. The Morgan fingerprint density at radius 3 is 2.30 bits per heavy atom. The third-order valence-electron chi connectivity index (χ3n) is 2.49. The van der Waals surface area contributed by atoms with Crippen molar-refractivity contribution in [2.75, 3.05) is 16.3 Å². The van der Waals surface area contributed by atoms with Gasteiger partial charge < -0.3 is 9.84 Å². The van der Waals surface area contributed by atoms with Gasteiger partial charge in [-0.2, -0.15) is 4.98 Å². The number of aryl methyl sites for hydroxylation is 1. The number of anilines is 2. The fourth-order valence-corrected chi connectivity index (χ4v) is 2.21. The first-order valence-electron chi connectivity index (χ1n) is 5.98. The molecule has 0 aliphatic carbocycles. The molecule has 2 rings (SSSR count). The van der Waals surface area contributed by atoms with Crippen LogP contribution in [-0.2, 0) is 10.0 Å². The highest BCUT2D eigenvalue weighted by molar-refractivity contribution is 7.92. The van der Waals surface area contributed by atoms with E-state index >= 15 is 0 Å². The number of sulfonamides is 1. The van der Waals surface area contributed by atoms with Crippen molar-refractivity contribution >= 4 is 21.4 Å². The second-order valence-corrected chi connectivity index (χ2v) is 6.25. The normalized spacial score (nSPS) is 12.9. The van der Waals surface area contributed by atoms with Crippen LogP contribution in [0.5, 0.6) is 0 Å². The average Bonchev–Trinajstić information content (AvgIpc) is 2.77. The molecule has 0 fully saturated rings. The summed E-state index contributed by atoms with van der Waals surface area (Å²) >= 11 is 0. The maximum absolute atomic E-state index is 11.1. The zero-order chi connectivity index (χ0) is 14.8. The van der Waals surface area contributed by atoms with Crippen molar-refractivity contribution in [2.45, 2.75) is 19.9 Å². The molecule has 7 nitrogen and oxygen atoms in total. The van der Waals surface area contributed by atoms with Crippen molar-refractivity contribution in [3.8, 4) is 0 Å². The quantitative estimate of drug-likeness (QED) is 0.875. The highest BCUT2D eigenvalue weighted by Crippen LogP contribution is 2.20. The highest BCUT2D eigenvalue weighted by Gasteiger charge is 2.12. The van der Waals surface area contributed by atoms with Gasteiger partial charge in [0.15, 0.2) is 5.82 Å². The second kappa shape index (κ2) is 5.49. The molecule has 0 radical (unpaired) electrons. The summed E-state index contributed by atoms with van der Waals surface area (Å²) < 4.78 is 29.7.